The van der Waals surface area contributed by atoms with Crippen LogP contribution in [-0.4, -0.2) is 56.7 Å². The summed E-state index contributed by atoms with van der Waals surface area (Å²) in [5, 5.41) is 12.7. The van der Waals surface area contributed by atoms with Crippen molar-refractivity contribution in [3.8, 4) is 5.69 Å². The average Bonchev–Trinajstić information content (AvgIpc) is 3.47. The molecule has 1 saturated heterocycles. The molecular formula is C24H29N5OS2. The molecule has 0 bridgehead atoms. The summed E-state index contributed by atoms with van der Waals surface area (Å²) in [6, 6.07) is 18.6. The Morgan fingerprint density at radius 2 is 1.75 bits per heavy atom. The Morgan fingerprint density at radius 1 is 1.00 bits per heavy atom. The molecule has 0 unspecified atom stereocenters. The maximum absolute atomic E-state index is 12.4. The monoisotopic (exact) mass is 467 g/mol. The van der Waals surface area contributed by atoms with E-state index in [4.69, 9.17) is 0 Å². The first-order chi connectivity index (χ1) is 15.7. The Balaban J connectivity index is 1.31. The minimum Gasteiger partial charge on any atom is -0.355 e. The summed E-state index contributed by atoms with van der Waals surface area (Å²) in [6.45, 7) is 5.72. The van der Waals surface area contributed by atoms with Crippen molar-refractivity contribution in [2.75, 3.05) is 31.1 Å². The smallest absolute Gasteiger partial charge is 0.230 e. The molecule has 1 aromatic heterocycles. The van der Waals surface area contributed by atoms with Gasteiger partial charge in [-0.25, -0.2) is 0 Å². The highest BCUT2D eigenvalue weighted by atomic mass is 32.2. The molecule has 0 radical (unpaired) electrons. The van der Waals surface area contributed by atoms with Gasteiger partial charge in [-0.05, 0) is 57.1 Å². The summed E-state index contributed by atoms with van der Waals surface area (Å²) in [4.78, 5) is 16.0. The number of carbonyl (C=O) groups is 1. The van der Waals surface area contributed by atoms with E-state index in [1.807, 2.05) is 18.2 Å². The van der Waals surface area contributed by atoms with Gasteiger partial charge in [-0.15, -0.1) is 22.0 Å². The number of carbonyl (C=O) groups excluding carboxylic acids is 1. The maximum atomic E-state index is 12.4. The van der Waals surface area contributed by atoms with Crippen molar-refractivity contribution in [1.82, 2.24) is 25.0 Å². The van der Waals surface area contributed by atoms with Crippen LogP contribution in [0.5, 0.6) is 0 Å². The van der Waals surface area contributed by atoms with Gasteiger partial charge in [-0.1, -0.05) is 47.7 Å². The lowest BCUT2D eigenvalue weighted by Gasteiger charge is -2.16. The number of amides is 1. The Morgan fingerprint density at radius 3 is 2.50 bits per heavy atom. The highest BCUT2D eigenvalue weighted by Crippen LogP contribution is 2.24. The molecule has 3 aromatic rings. The second kappa shape index (κ2) is 11.5. The molecular weight excluding hydrogens is 438 g/mol. The van der Waals surface area contributed by atoms with Crippen molar-refractivity contribution in [1.29, 1.82) is 0 Å². The molecule has 4 rings (SSSR count). The fourth-order valence-corrected chi connectivity index (χ4v) is 5.22. The zero-order valence-electron chi connectivity index (χ0n) is 18.4. The van der Waals surface area contributed by atoms with Crippen molar-refractivity contribution in [3.63, 3.8) is 0 Å². The van der Waals surface area contributed by atoms with Gasteiger partial charge in [0, 0.05) is 22.9 Å². The largest absolute Gasteiger partial charge is 0.355 e. The minimum absolute atomic E-state index is 0.0169. The van der Waals surface area contributed by atoms with Crippen molar-refractivity contribution in [2.45, 2.75) is 36.4 Å². The summed E-state index contributed by atoms with van der Waals surface area (Å²) in [6.07, 6.45) is 2.48. The van der Waals surface area contributed by atoms with Gasteiger partial charge >= 0.3 is 0 Å². The SMILES string of the molecule is Cc1ccc(SCCNC(=O)CSc2nnc(CN3CCCC3)n2-c2ccccc2)cc1. The van der Waals surface area contributed by atoms with E-state index in [1.54, 1.807) is 11.8 Å². The summed E-state index contributed by atoms with van der Waals surface area (Å²) < 4.78 is 2.09. The summed E-state index contributed by atoms with van der Waals surface area (Å²) in [5.74, 6) is 2.11. The molecule has 1 fully saturated rings. The van der Waals surface area contributed by atoms with Gasteiger partial charge in [-0.3, -0.25) is 14.3 Å². The minimum atomic E-state index is 0.0169. The van der Waals surface area contributed by atoms with Gasteiger partial charge < -0.3 is 5.32 Å². The summed E-state index contributed by atoms with van der Waals surface area (Å²) >= 11 is 3.19. The van der Waals surface area contributed by atoms with Gasteiger partial charge in [0.05, 0.1) is 12.3 Å². The lowest BCUT2D eigenvalue weighted by Crippen LogP contribution is -2.27. The summed E-state index contributed by atoms with van der Waals surface area (Å²) in [5.41, 5.74) is 2.29. The highest BCUT2D eigenvalue weighted by molar-refractivity contribution is 7.99. The van der Waals surface area contributed by atoms with Crippen LogP contribution in [0, 0.1) is 6.92 Å². The number of thioether (sulfide) groups is 2. The molecule has 1 aliphatic heterocycles. The van der Waals surface area contributed by atoms with Crippen molar-refractivity contribution in [2.24, 2.45) is 0 Å². The van der Waals surface area contributed by atoms with Crippen LogP contribution in [0.25, 0.3) is 5.69 Å². The van der Waals surface area contributed by atoms with E-state index >= 15 is 0 Å². The van der Waals surface area contributed by atoms with Gasteiger partial charge in [0.1, 0.15) is 0 Å². The molecule has 168 valence electrons. The number of benzene rings is 2. The molecule has 0 aliphatic carbocycles. The molecule has 1 aliphatic rings. The van der Waals surface area contributed by atoms with E-state index in [0.29, 0.717) is 12.3 Å². The second-order valence-electron chi connectivity index (χ2n) is 7.85. The number of para-hydroxylation sites is 1. The van der Waals surface area contributed by atoms with Gasteiger partial charge in [0.25, 0.3) is 0 Å². The van der Waals surface area contributed by atoms with Crippen molar-refractivity contribution in [3.05, 3.63) is 66.0 Å². The van der Waals surface area contributed by atoms with Crippen LogP contribution >= 0.6 is 23.5 Å². The first-order valence-electron chi connectivity index (χ1n) is 11.0. The van der Waals surface area contributed by atoms with Gasteiger partial charge in [0.15, 0.2) is 11.0 Å². The lowest BCUT2D eigenvalue weighted by molar-refractivity contribution is -0.118. The van der Waals surface area contributed by atoms with E-state index in [0.717, 1.165) is 42.1 Å². The molecule has 0 spiro atoms. The molecule has 0 atom stereocenters. The van der Waals surface area contributed by atoms with E-state index < -0.39 is 0 Å². The zero-order chi connectivity index (χ0) is 22.2. The van der Waals surface area contributed by atoms with Crippen LogP contribution in [0.3, 0.4) is 0 Å². The average molecular weight is 468 g/mol. The number of rotatable bonds is 10. The number of aromatic nitrogens is 3. The molecule has 32 heavy (non-hydrogen) atoms. The maximum Gasteiger partial charge on any atom is 0.230 e. The van der Waals surface area contributed by atoms with Crippen LogP contribution in [0.2, 0.25) is 0 Å². The third kappa shape index (κ3) is 6.37. The fourth-order valence-electron chi connectivity index (χ4n) is 3.65. The number of nitrogens with zero attached hydrogens (tertiary/aromatic N) is 4. The van der Waals surface area contributed by atoms with Crippen LogP contribution in [0.15, 0.2) is 64.6 Å². The number of likely N-dealkylation sites (tertiary alicyclic amines) is 1. The van der Waals surface area contributed by atoms with Crippen molar-refractivity contribution >= 4 is 29.4 Å². The normalized spacial score (nSPS) is 14.0. The Labute approximate surface area is 198 Å². The molecule has 2 aromatic carbocycles. The second-order valence-corrected chi connectivity index (χ2v) is 9.96. The number of nitrogens with one attached hydrogen (secondary N) is 1. The molecule has 0 saturated carbocycles. The zero-order valence-corrected chi connectivity index (χ0v) is 20.0. The van der Waals surface area contributed by atoms with Crippen LogP contribution in [0.4, 0.5) is 0 Å². The molecule has 6 nitrogen and oxygen atoms in total. The standard InChI is InChI=1S/C24H29N5OS2/c1-19-9-11-21(12-10-19)31-16-13-25-23(30)18-32-24-27-26-22(17-28-14-5-6-15-28)29(24)20-7-3-2-4-8-20/h2-4,7-12H,5-6,13-18H2,1H3,(H,25,30). The number of hydrogen-bond donors (Lipinski definition) is 1. The molecule has 1 N–H and O–H groups in total. The Kier molecular flexibility index (Phi) is 8.25. The van der Waals surface area contributed by atoms with Crippen LogP contribution in [-0.2, 0) is 11.3 Å². The first-order valence-corrected chi connectivity index (χ1v) is 13.0. The van der Waals surface area contributed by atoms with E-state index in [9.17, 15) is 4.79 Å². The molecule has 2 heterocycles. The van der Waals surface area contributed by atoms with Crippen LogP contribution in [0.1, 0.15) is 24.2 Å². The molecule has 1 amide bonds. The topological polar surface area (TPSA) is 63.1 Å². The van der Waals surface area contributed by atoms with Crippen LogP contribution < -0.4 is 5.32 Å². The number of hydrogen-bond acceptors (Lipinski definition) is 6. The Hall–Kier alpha value is -2.29. The Bertz CT molecular complexity index is 1000. The third-order valence-electron chi connectivity index (χ3n) is 5.32. The third-order valence-corrected chi connectivity index (χ3v) is 7.27. The lowest BCUT2D eigenvalue weighted by atomic mass is 10.2. The highest BCUT2D eigenvalue weighted by Gasteiger charge is 2.20. The quantitative estimate of drug-likeness (QED) is 0.357. The van der Waals surface area contributed by atoms with Gasteiger partial charge in [0.2, 0.25) is 5.91 Å². The predicted octanol–water partition coefficient (Wildman–Crippen LogP) is 4.17. The number of aryl methyl sites for hydroxylation is 1. The van der Waals surface area contributed by atoms with Gasteiger partial charge in [-0.2, -0.15) is 0 Å². The predicted molar refractivity (Wildman–Crippen MR) is 132 cm³/mol. The summed E-state index contributed by atoms with van der Waals surface area (Å²) in [7, 11) is 0. The fraction of sp³-hybridized carbons (Fsp3) is 0.375. The van der Waals surface area contributed by atoms with Crippen molar-refractivity contribution < 1.29 is 4.79 Å². The first kappa shape index (κ1) is 22.9. The van der Waals surface area contributed by atoms with E-state index in [-0.39, 0.29) is 5.91 Å². The van der Waals surface area contributed by atoms with E-state index in [2.05, 4.69) is 68.3 Å². The molecule has 8 heteroatoms. The van der Waals surface area contributed by atoms with E-state index in [1.165, 1.54) is 35.1 Å².